The van der Waals surface area contributed by atoms with Gasteiger partial charge < -0.3 is 9.63 Å². The molecule has 0 spiro atoms. The number of phenolic OH excluding ortho intramolecular Hbond substituents is 1. The summed E-state index contributed by atoms with van der Waals surface area (Å²) in [4.78, 5) is 0. The summed E-state index contributed by atoms with van der Waals surface area (Å²) in [5.41, 5.74) is 5.39. The van der Waals surface area contributed by atoms with E-state index in [-0.39, 0.29) is 5.75 Å². The minimum atomic E-state index is -0.421. The van der Waals surface area contributed by atoms with Gasteiger partial charge in [-0.25, -0.2) is 4.57 Å². The molecule has 0 aliphatic heterocycles. The van der Waals surface area contributed by atoms with Crippen molar-refractivity contribution in [3.8, 4) is 11.5 Å². The molecule has 20 heavy (non-hydrogen) atoms. The zero-order valence-electron chi connectivity index (χ0n) is 11.8. The van der Waals surface area contributed by atoms with Crippen molar-refractivity contribution in [1.82, 2.24) is 0 Å². The van der Waals surface area contributed by atoms with Crippen LogP contribution in [0.25, 0.3) is 0 Å². The number of aryl methyl sites for hydroxylation is 3. The Balaban J connectivity index is 2.47. The molecule has 2 aromatic rings. The van der Waals surface area contributed by atoms with E-state index in [0.29, 0.717) is 17.7 Å². The Morgan fingerprint density at radius 1 is 1.10 bits per heavy atom. The van der Waals surface area contributed by atoms with Gasteiger partial charge in [0.25, 0.3) is 0 Å². The van der Waals surface area contributed by atoms with Crippen molar-refractivity contribution in [3.63, 3.8) is 0 Å². The smallest absolute Gasteiger partial charge is 0.395 e. The fourth-order valence-corrected chi connectivity index (χ4v) is 2.77. The molecule has 4 heteroatoms. The van der Waals surface area contributed by atoms with Gasteiger partial charge in [-0.05, 0) is 49.6 Å². The van der Waals surface area contributed by atoms with Gasteiger partial charge in [0.05, 0.1) is 0 Å². The Kier molecular flexibility index (Phi) is 4.41. The van der Waals surface area contributed by atoms with Crippen molar-refractivity contribution in [3.05, 3.63) is 58.1 Å². The third-order valence-corrected chi connectivity index (χ3v) is 3.71. The van der Waals surface area contributed by atoms with Crippen LogP contribution in [0, 0.1) is 20.8 Å². The molecule has 0 amide bonds. The Hall–Kier alpha value is -1.86. The van der Waals surface area contributed by atoms with Gasteiger partial charge in [0.2, 0.25) is 0 Å². The maximum Gasteiger partial charge on any atom is 0.395 e. The molecule has 0 unspecified atom stereocenters. The van der Waals surface area contributed by atoms with E-state index >= 15 is 0 Å². The van der Waals surface area contributed by atoms with Crippen molar-refractivity contribution < 1.29 is 14.2 Å². The summed E-state index contributed by atoms with van der Waals surface area (Å²) in [5, 5.41) is 10.0. The lowest BCUT2D eigenvalue weighted by atomic mass is 9.93. The van der Waals surface area contributed by atoms with Crippen LogP contribution >= 0.6 is 8.69 Å². The molecule has 0 atom stereocenters. The van der Waals surface area contributed by atoms with Crippen LogP contribution in [0.4, 0.5) is 0 Å². The van der Waals surface area contributed by atoms with E-state index < -0.39 is 8.69 Å². The predicted octanol–water partition coefficient (Wildman–Crippen LogP) is 4.49. The van der Waals surface area contributed by atoms with Crippen LogP contribution in [-0.2, 0) is 11.0 Å². The zero-order chi connectivity index (χ0) is 14.7. The lowest BCUT2D eigenvalue weighted by Gasteiger charge is -2.14. The first kappa shape index (κ1) is 14.5. The van der Waals surface area contributed by atoms with Crippen molar-refractivity contribution >= 4 is 8.69 Å². The molecule has 0 saturated heterocycles. The summed E-state index contributed by atoms with van der Waals surface area (Å²) in [7, 11) is -0.421. The van der Waals surface area contributed by atoms with E-state index in [1.807, 2.05) is 0 Å². The number of hydrogen-bond donors (Lipinski definition) is 1. The van der Waals surface area contributed by atoms with E-state index in [9.17, 15) is 9.67 Å². The van der Waals surface area contributed by atoms with E-state index in [0.717, 1.165) is 5.56 Å². The summed E-state index contributed by atoms with van der Waals surface area (Å²) in [6.07, 6.45) is 0.551. The van der Waals surface area contributed by atoms with E-state index in [1.165, 1.54) is 16.7 Å². The highest BCUT2D eigenvalue weighted by Gasteiger charge is 2.13. The van der Waals surface area contributed by atoms with Gasteiger partial charge in [0, 0.05) is 12.0 Å². The number of benzene rings is 2. The first-order valence-electron chi connectivity index (χ1n) is 6.40. The zero-order valence-corrected chi connectivity index (χ0v) is 12.7. The highest BCUT2D eigenvalue weighted by atomic mass is 31.1. The van der Waals surface area contributed by atoms with Crippen LogP contribution < -0.4 is 4.52 Å². The molecule has 104 valence electrons. The average molecular weight is 288 g/mol. The Bertz CT molecular complexity index is 627. The molecule has 0 aromatic heterocycles. The van der Waals surface area contributed by atoms with Gasteiger partial charge in [-0.1, -0.05) is 23.8 Å². The van der Waals surface area contributed by atoms with Crippen LogP contribution in [0.5, 0.6) is 11.5 Å². The molecule has 2 rings (SSSR count). The van der Waals surface area contributed by atoms with Crippen LogP contribution in [0.3, 0.4) is 0 Å². The van der Waals surface area contributed by atoms with Gasteiger partial charge in [-0.2, -0.15) is 0 Å². The maximum atomic E-state index is 10.7. The normalized spacial score (nSPS) is 10.8. The van der Waals surface area contributed by atoms with Crippen molar-refractivity contribution in [1.29, 1.82) is 0 Å². The van der Waals surface area contributed by atoms with Gasteiger partial charge in [0.1, 0.15) is 11.5 Å². The Morgan fingerprint density at radius 3 is 2.35 bits per heavy atom. The van der Waals surface area contributed by atoms with Crippen molar-refractivity contribution in [2.75, 3.05) is 0 Å². The van der Waals surface area contributed by atoms with E-state index in [2.05, 4.69) is 32.9 Å². The van der Waals surface area contributed by atoms with Gasteiger partial charge in [-0.3, -0.25) is 0 Å². The third kappa shape index (κ3) is 3.00. The highest BCUT2D eigenvalue weighted by Crippen LogP contribution is 2.33. The molecule has 0 aliphatic carbocycles. The molecule has 0 radical (unpaired) electrons. The molecule has 0 bridgehead atoms. The number of hydrogen-bond acceptors (Lipinski definition) is 3. The summed E-state index contributed by atoms with van der Waals surface area (Å²) in [6, 6.07) is 9.24. The molecule has 0 fully saturated rings. The largest absolute Gasteiger partial charge is 0.508 e. The second kappa shape index (κ2) is 6.06. The quantitative estimate of drug-likeness (QED) is 0.843. The SMILES string of the molecule is Cc1cc(C)c(Cc2c(O)cccc2OP=O)c(C)c1. The molecular formula is C16H17O3P. The van der Waals surface area contributed by atoms with Crippen molar-refractivity contribution in [2.24, 2.45) is 0 Å². The lowest BCUT2D eigenvalue weighted by Crippen LogP contribution is -1.98. The highest BCUT2D eigenvalue weighted by molar-refractivity contribution is 7.17. The van der Waals surface area contributed by atoms with Gasteiger partial charge >= 0.3 is 8.69 Å². The van der Waals surface area contributed by atoms with Crippen LogP contribution in [0.1, 0.15) is 27.8 Å². The first-order valence-corrected chi connectivity index (χ1v) is 7.13. The second-order valence-electron chi connectivity index (χ2n) is 4.97. The molecule has 0 heterocycles. The number of aromatic hydroxyl groups is 1. The monoisotopic (exact) mass is 288 g/mol. The van der Waals surface area contributed by atoms with Crippen LogP contribution in [0.15, 0.2) is 30.3 Å². The molecule has 1 N–H and O–H groups in total. The summed E-state index contributed by atoms with van der Waals surface area (Å²) in [6.45, 7) is 6.18. The Morgan fingerprint density at radius 2 is 1.75 bits per heavy atom. The first-order chi connectivity index (χ1) is 9.52. The predicted molar refractivity (Wildman–Crippen MR) is 79.8 cm³/mol. The topological polar surface area (TPSA) is 46.5 Å². The van der Waals surface area contributed by atoms with E-state index in [4.69, 9.17) is 4.52 Å². The fraction of sp³-hybridized carbons (Fsp3) is 0.250. The fourth-order valence-electron chi connectivity index (χ4n) is 2.52. The van der Waals surface area contributed by atoms with Crippen LogP contribution in [-0.4, -0.2) is 5.11 Å². The lowest BCUT2D eigenvalue weighted by molar-refractivity contribution is 0.462. The summed E-state index contributed by atoms with van der Waals surface area (Å²) in [5.74, 6) is 0.603. The standard InChI is InChI=1S/C16H17O3P/c1-10-7-11(2)13(12(3)8-10)9-14-15(17)5-4-6-16(14)19-20-18/h4-8,17H,9H2,1-3H3. The second-order valence-corrected chi connectivity index (χ2v) is 5.31. The summed E-state index contributed by atoms with van der Waals surface area (Å²) >= 11 is 0. The average Bonchev–Trinajstić information content (AvgIpc) is 2.36. The van der Waals surface area contributed by atoms with Gasteiger partial charge in [0.15, 0.2) is 0 Å². The molecule has 0 aliphatic rings. The van der Waals surface area contributed by atoms with Crippen LogP contribution in [0.2, 0.25) is 0 Å². The van der Waals surface area contributed by atoms with Gasteiger partial charge in [-0.15, -0.1) is 0 Å². The minimum Gasteiger partial charge on any atom is -0.508 e. The maximum absolute atomic E-state index is 10.7. The molecule has 0 saturated carbocycles. The molecule has 2 aromatic carbocycles. The molecule has 3 nitrogen and oxygen atoms in total. The van der Waals surface area contributed by atoms with E-state index in [1.54, 1.807) is 18.2 Å². The van der Waals surface area contributed by atoms with Crippen molar-refractivity contribution in [2.45, 2.75) is 27.2 Å². The Labute approximate surface area is 120 Å². The number of phenols is 1. The molecular weight excluding hydrogens is 271 g/mol. The number of rotatable bonds is 4. The third-order valence-electron chi connectivity index (χ3n) is 3.44. The minimum absolute atomic E-state index is 0.158. The summed E-state index contributed by atoms with van der Waals surface area (Å²) < 4.78 is 15.7.